The van der Waals surface area contributed by atoms with E-state index in [1.54, 1.807) is 9.80 Å². The predicted molar refractivity (Wildman–Crippen MR) is 95.1 cm³/mol. The zero-order valence-electron chi connectivity index (χ0n) is 15.2. The summed E-state index contributed by atoms with van der Waals surface area (Å²) in [4.78, 5) is 27.7. The molecule has 0 aliphatic carbocycles. The summed E-state index contributed by atoms with van der Waals surface area (Å²) in [6.45, 7) is 11.2. The number of hydrogen-bond donors (Lipinski definition) is 0. The van der Waals surface area contributed by atoms with Crippen molar-refractivity contribution in [3.8, 4) is 0 Å². The van der Waals surface area contributed by atoms with Crippen LogP contribution >= 0.6 is 0 Å². The second-order valence-electron chi connectivity index (χ2n) is 7.11. The van der Waals surface area contributed by atoms with E-state index in [9.17, 15) is 9.59 Å². The Morgan fingerprint density at radius 2 is 1.60 bits per heavy atom. The van der Waals surface area contributed by atoms with Gasteiger partial charge in [0.1, 0.15) is 12.2 Å². The molecule has 25 heavy (non-hydrogen) atoms. The molecule has 2 amide bonds. The van der Waals surface area contributed by atoms with Gasteiger partial charge in [0.25, 0.3) is 0 Å². The van der Waals surface area contributed by atoms with Crippen molar-refractivity contribution in [2.24, 2.45) is 0 Å². The summed E-state index contributed by atoms with van der Waals surface area (Å²) >= 11 is 0. The van der Waals surface area contributed by atoms with Gasteiger partial charge < -0.3 is 19.3 Å². The summed E-state index contributed by atoms with van der Waals surface area (Å²) in [6.07, 6.45) is -0.802. The fourth-order valence-electron chi connectivity index (χ4n) is 2.44. The highest BCUT2D eigenvalue weighted by atomic mass is 16.6. The van der Waals surface area contributed by atoms with Gasteiger partial charge >= 0.3 is 12.2 Å². The Kier molecular flexibility index (Phi) is 6.07. The molecule has 0 aromatic heterocycles. The molecule has 1 aliphatic heterocycles. The molecular formula is C19H26N2O4. The van der Waals surface area contributed by atoms with Gasteiger partial charge in [0.05, 0.1) is 0 Å². The maximum absolute atomic E-state index is 12.3. The van der Waals surface area contributed by atoms with Crippen LogP contribution in [0.3, 0.4) is 0 Å². The van der Waals surface area contributed by atoms with E-state index in [0.717, 1.165) is 11.1 Å². The Hall–Kier alpha value is -2.50. The molecule has 0 radical (unpaired) electrons. The number of carbonyl (C=O) groups is 2. The number of nitrogens with zero attached hydrogens (tertiary/aromatic N) is 2. The second-order valence-corrected chi connectivity index (χ2v) is 7.11. The zero-order chi connectivity index (χ0) is 18.4. The largest absolute Gasteiger partial charge is 0.445 e. The van der Waals surface area contributed by atoms with Gasteiger partial charge in [-0.2, -0.15) is 0 Å². The molecule has 0 atom stereocenters. The van der Waals surface area contributed by atoms with E-state index in [1.807, 2.05) is 51.1 Å². The Morgan fingerprint density at radius 1 is 1.04 bits per heavy atom. The molecule has 0 spiro atoms. The maximum Gasteiger partial charge on any atom is 0.410 e. The van der Waals surface area contributed by atoms with Crippen molar-refractivity contribution < 1.29 is 19.1 Å². The zero-order valence-corrected chi connectivity index (χ0v) is 15.2. The first-order valence-corrected chi connectivity index (χ1v) is 8.35. The Labute approximate surface area is 149 Å². The Balaban J connectivity index is 1.90. The van der Waals surface area contributed by atoms with Crippen molar-refractivity contribution >= 4 is 12.2 Å². The van der Waals surface area contributed by atoms with E-state index in [-0.39, 0.29) is 6.61 Å². The van der Waals surface area contributed by atoms with Crippen LogP contribution in [0.15, 0.2) is 42.5 Å². The van der Waals surface area contributed by atoms with Crippen LogP contribution in [-0.4, -0.2) is 53.8 Å². The molecule has 6 nitrogen and oxygen atoms in total. The molecule has 0 bridgehead atoms. The van der Waals surface area contributed by atoms with Crippen molar-refractivity contribution in [2.75, 3.05) is 26.2 Å². The topological polar surface area (TPSA) is 59.1 Å². The van der Waals surface area contributed by atoms with Crippen molar-refractivity contribution in [1.82, 2.24) is 9.80 Å². The van der Waals surface area contributed by atoms with E-state index in [1.165, 1.54) is 0 Å². The fourth-order valence-corrected chi connectivity index (χ4v) is 2.44. The molecule has 1 aromatic rings. The first-order valence-electron chi connectivity index (χ1n) is 8.35. The highest BCUT2D eigenvalue weighted by Gasteiger charge is 2.27. The molecule has 0 saturated carbocycles. The molecule has 1 aliphatic rings. The van der Waals surface area contributed by atoms with E-state index in [0.29, 0.717) is 26.2 Å². The molecule has 1 fully saturated rings. The highest BCUT2D eigenvalue weighted by molar-refractivity contribution is 5.70. The van der Waals surface area contributed by atoms with Crippen LogP contribution < -0.4 is 0 Å². The van der Waals surface area contributed by atoms with Gasteiger partial charge in [-0.3, -0.25) is 0 Å². The van der Waals surface area contributed by atoms with Crippen LogP contribution in [0.4, 0.5) is 9.59 Å². The fraction of sp³-hybridized carbons (Fsp3) is 0.474. The Bertz CT molecular complexity index is 622. The van der Waals surface area contributed by atoms with Gasteiger partial charge in [-0.15, -0.1) is 0 Å². The van der Waals surface area contributed by atoms with Crippen LogP contribution in [-0.2, 0) is 16.1 Å². The van der Waals surface area contributed by atoms with E-state index in [4.69, 9.17) is 9.47 Å². The van der Waals surface area contributed by atoms with Crippen molar-refractivity contribution in [1.29, 1.82) is 0 Å². The third-order valence-electron chi connectivity index (χ3n) is 3.58. The van der Waals surface area contributed by atoms with Gasteiger partial charge in [0.15, 0.2) is 0 Å². The maximum atomic E-state index is 12.3. The van der Waals surface area contributed by atoms with Gasteiger partial charge in [0.2, 0.25) is 0 Å². The number of ether oxygens (including phenoxy) is 2. The minimum atomic E-state index is -0.557. The standard InChI is InChI=1S/C19H26N2O4/c1-15-12-20(17(22)24-14-16-8-6-5-7-9-16)10-11-21(13-15)18(23)25-19(2,3)4/h5-9H,1,10-14H2,2-4H3. The smallest absolute Gasteiger partial charge is 0.410 e. The van der Waals surface area contributed by atoms with E-state index >= 15 is 0 Å². The lowest BCUT2D eigenvalue weighted by atomic mass is 10.2. The molecular weight excluding hydrogens is 320 g/mol. The van der Waals surface area contributed by atoms with Crippen LogP contribution in [0, 0.1) is 0 Å². The van der Waals surface area contributed by atoms with Crippen molar-refractivity contribution in [3.05, 3.63) is 48.0 Å². The third-order valence-corrected chi connectivity index (χ3v) is 3.58. The van der Waals surface area contributed by atoms with Crippen molar-refractivity contribution in [3.63, 3.8) is 0 Å². The summed E-state index contributed by atoms with van der Waals surface area (Å²) in [6, 6.07) is 9.51. The molecule has 1 heterocycles. The average molecular weight is 346 g/mol. The minimum Gasteiger partial charge on any atom is -0.445 e. The molecule has 2 rings (SSSR count). The molecule has 1 saturated heterocycles. The summed E-state index contributed by atoms with van der Waals surface area (Å²) in [5.74, 6) is 0. The highest BCUT2D eigenvalue weighted by Crippen LogP contribution is 2.14. The predicted octanol–water partition coefficient (Wildman–Crippen LogP) is 3.43. The lowest BCUT2D eigenvalue weighted by Crippen LogP contribution is -2.40. The van der Waals surface area contributed by atoms with Gasteiger partial charge in [-0.1, -0.05) is 36.9 Å². The SMILES string of the molecule is C=C1CN(C(=O)OCc2ccccc2)CCN(C(=O)OC(C)(C)C)C1. The van der Waals surface area contributed by atoms with Gasteiger partial charge in [0, 0.05) is 26.2 Å². The number of benzene rings is 1. The quantitative estimate of drug-likeness (QED) is 0.770. The minimum absolute atomic E-state index is 0.221. The lowest BCUT2D eigenvalue weighted by Gasteiger charge is -2.26. The van der Waals surface area contributed by atoms with E-state index < -0.39 is 17.8 Å². The summed E-state index contributed by atoms with van der Waals surface area (Å²) in [5.41, 5.74) is 1.14. The molecule has 6 heteroatoms. The normalized spacial score (nSPS) is 15.6. The molecule has 1 aromatic carbocycles. The average Bonchev–Trinajstić information content (AvgIpc) is 2.74. The number of carbonyl (C=O) groups excluding carboxylic acids is 2. The number of hydrogen-bond acceptors (Lipinski definition) is 4. The van der Waals surface area contributed by atoms with Crippen molar-refractivity contribution in [2.45, 2.75) is 33.0 Å². The monoisotopic (exact) mass is 346 g/mol. The molecule has 136 valence electrons. The van der Waals surface area contributed by atoms with E-state index in [2.05, 4.69) is 6.58 Å². The lowest BCUT2D eigenvalue weighted by molar-refractivity contribution is 0.0265. The number of amides is 2. The third kappa shape index (κ3) is 6.14. The summed E-state index contributed by atoms with van der Waals surface area (Å²) in [7, 11) is 0. The van der Waals surface area contributed by atoms with Crippen LogP contribution in [0.1, 0.15) is 26.3 Å². The first kappa shape index (κ1) is 18.8. The Morgan fingerprint density at radius 3 is 2.16 bits per heavy atom. The molecule has 0 N–H and O–H groups in total. The second kappa shape index (κ2) is 8.05. The van der Waals surface area contributed by atoms with Gasteiger partial charge in [-0.05, 0) is 31.9 Å². The number of rotatable bonds is 2. The molecule has 0 unspecified atom stereocenters. The van der Waals surface area contributed by atoms with Crippen LogP contribution in [0.2, 0.25) is 0 Å². The van der Waals surface area contributed by atoms with Gasteiger partial charge in [-0.25, -0.2) is 9.59 Å². The van der Waals surface area contributed by atoms with Crippen LogP contribution in [0.25, 0.3) is 0 Å². The first-order chi connectivity index (χ1) is 11.7. The summed E-state index contributed by atoms with van der Waals surface area (Å²) < 4.78 is 10.8. The van der Waals surface area contributed by atoms with Crippen LogP contribution in [0.5, 0.6) is 0 Å². The summed E-state index contributed by atoms with van der Waals surface area (Å²) in [5, 5.41) is 0.